The molecule has 0 unspecified atom stereocenters. The Morgan fingerprint density at radius 1 is 1.07 bits per heavy atom. The molecule has 4 nitrogen and oxygen atoms in total. The van der Waals surface area contributed by atoms with Gasteiger partial charge in [0.05, 0.1) is 5.41 Å². The topological polar surface area (TPSA) is 49.4 Å². The molecule has 1 heterocycles. The predicted molar refractivity (Wildman–Crippen MR) is 122 cm³/mol. The monoisotopic (exact) mass is 404 g/mol. The van der Waals surface area contributed by atoms with Crippen LogP contribution in [0.5, 0.6) is 0 Å². The molecule has 1 N–H and O–H groups in total. The van der Waals surface area contributed by atoms with Crippen LogP contribution in [-0.4, -0.2) is 36.3 Å². The Kier molecular flexibility index (Phi) is 7.09. The third-order valence-electron chi connectivity index (χ3n) is 5.99. The van der Waals surface area contributed by atoms with Gasteiger partial charge >= 0.3 is 0 Å². The molecule has 4 heteroatoms. The van der Waals surface area contributed by atoms with Gasteiger partial charge < -0.3 is 10.2 Å². The van der Waals surface area contributed by atoms with E-state index in [9.17, 15) is 9.59 Å². The molecule has 0 aliphatic carbocycles. The lowest BCUT2D eigenvalue weighted by atomic mass is 9.72. The molecule has 3 rings (SSSR count). The van der Waals surface area contributed by atoms with E-state index in [1.807, 2.05) is 36.9 Å². The summed E-state index contributed by atoms with van der Waals surface area (Å²) >= 11 is 0. The van der Waals surface area contributed by atoms with E-state index in [1.54, 1.807) is 6.08 Å². The van der Waals surface area contributed by atoms with Gasteiger partial charge in [0.25, 0.3) is 0 Å². The van der Waals surface area contributed by atoms with Crippen molar-refractivity contribution in [2.45, 2.75) is 33.1 Å². The highest BCUT2D eigenvalue weighted by Crippen LogP contribution is 2.37. The van der Waals surface area contributed by atoms with Crippen LogP contribution in [0.15, 0.2) is 67.3 Å². The summed E-state index contributed by atoms with van der Waals surface area (Å²) in [6.45, 7) is 9.27. The molecule has 1 saturated heterocycles. The molecule has 2 aromatic carbocycles. The van der Waals surface area contributed by atoms with Crippen molar-refractivity contribution in [3.8, 4) is 11.1 Å². The quantitative estimate of drug-likeness (QED) is 0.693. The van der Waals surface area contributed by atoms with Gasteiger partial charge in [0.2, 0.25) is 11.8 Å². The molecule has 158 valence electrons. The zero-order valence-electron chi connectivity index (χ0n) is 18.1. The molecule has 0 radical (unpaired) electrons. The second-order valence-electron chi connectivity index (χ2n) is 8.50. The second kappa shape index (κ2) is 9.75. The van der Waals surface area contributed by atoms with Gasteiger partial charge in [0, 0.05) is 25.6 Å². The number of nitrogens with zero attached hydrogens (tertiary/aromatic N) is 1. The Morgan fingerprint density at radius 3 is 2.37 bits per heavy atom. The van der Waals surface area contributed by atoms with Crippen LogP contribution in [0.4, 0.5) is 0 Å². The molecular weight excluding hydrogens is 372 g/mol. The van der Waals surface area contributed by atoms with Crippen molar-refractivity contribution in [1.82, 2.24) is 10.2 Å². The Balaban J connectivity index is 1.83. The summed E-state index contributed by atoms with van der Waals surface area (Å²) in [5.74, 6) is 0.208. The van der Waals surface area contributed by atoms with Gasteiger partial charge in [-0.2, -0.15) is 0 Å². The molecular formula is C26H32N2O2. The van der Waals surface area contributed by atoms with Gasteiger partial charge in [0.1, 0.15) is 0 Å². The smallest absolute Gasteiger partial charge is 0.226 e. The van der Waals surface area contributed by atoms with Gasteiger partial charge in [-0.1, -0.05) is 74.5 Å². The average molecular weight is 405 g/mol. The number of likely N-dealkylation sites (tertiary alicyclic amines) is 1. The van der Waals surface area contributed by atoms with Gasteiger partial charge in [-0.15, -0.1) is 6.58 Å². The lowest BCUT2D eigenvalue weighted by Gasteiger charge is -2.41. The maximum atomic E-state index is 13.2. The number of nitrogens with one attached hydrogen (secondary N) is 1. The van der Waals surface area contributed by atoms with Crippen molar-refractivity contribution in [2.75, 3.05) is 19.6 Å². The van der Waals surface area contributed by atoms with Crippen LogP contribution in [0.25, 0.3) is 11.1 Å². The van der Waals surface area contributed by atoms with Crippen LogP contribution < -0.4 is 5.32 Å². The van der Waals surface area contributed by atoms with E-state index in [4.69, 9.17) is 0 Å². The van der Waals surface area contributed by atoms with E-state index in [0.717, 1.165) is 11.1 Å². The van der Waals surface area contributed by atoms with Crippen molar-refractivity contribution in [1.29, 1.82) is 0 Å². The number of benzene rings is 2. The van der Waals surface area contributed by atoms with E-state index in [2.05, 4.69) is 48.3 Å². The zero-order valence-corrected chi connectivity index (χ0v) is 18.1. The third-order valence-corrected chi connectivity index (χ3v) is 5.99. The Hall–Kier alpha value is -2.88. The summed E-state index contributed by atoms with van der Waals surface area (Å²) in [5, 5.41) is 3.02. The van der Waals surface area contributed by atoms with Crippen LogP contribution in [0.1, 0.15) is 32.3 Å². The number of hydrogen-bond acceptors (Lipinski definition) is 2. The van der Waals surface area contributed by atoms with Crippen LogP contribution in [0, 0.1) is 11.3 Å². The first-order valence-electron chi connectivity index (χ1n) is 10.8. The van der Waals surface area contributed by atoms with E-state index < -0.39 is 5.41 Å². The molecule has 2 aromatic rings. The first-order chi connectivity index (χ1) is 14.4. The van der Waals surface area contributed by atoms with Crippen LogP contribution in [-0.2, 0) is 16.0 Å². The van der Waals surface area contributed by atoms with Gasteiger partial charge in [-0.05, 0) is 36.0 Å². The number of carbonyl (C=O) groups excluding carboxylic acids is 2. The first-order valence-corrected chi connectivity index (χ1v) is 10.8. The maximum Gasteiger partial charge on any atom is 0.226 e. The fourth-order valence-corrected chi connectivity index (χ4v) is 4.24. The van der Waals surface area contributed by atoms with Gasteiger partial charge in [-0.25, -0.2) is 0 Å². The second-order valence-corrected chi connectivity index (χ2v) is 8.50. The summed E-state index contributed by atoms with van der Waals surface area (Å²) in [4.78, 5) is 27.5. The highest BCUT2D eigenvalue weighted by atomic mass is 16.2. The number of rotatable bonds is 7. The highest BCUT2D eigenvalue weighted by Gasteiger charge is 2.42. The van der Waals surface area contributed by atoms with E-state index in [-0.39, 0.29) is 17.7 Å². The molecule has 30 heavy (non-hydrogen) atoms. The third kappa shape index (κ3) is 4.99. The molecule has 0 saturated carbocycles. The summed E-state index contributed by atoms with van der Waals surface area (Å²) < 4.78 is 0. The number of amides is 2. The standard InChI is InChI=1S/C26H32N2O2/c1-4-15-27-25(30)26(13-16-28(17-14-26)24(29)20(2)3)19-21-9-8-12-23(18-21)22-10-6-5-7-11-22/h4-12,18,20H,1,13-17,19H2,2-3H3,(H,27,30). The Labute approximate surface area is 180 Å². The van der Waals surface area contributed by atoms with Crippen molar-refractivity contribution >= 4 is 11.8 Å². The Bertz CT molecular complexity index is 881. The number of carbonyl (C=O) groups is 2. The minimum Gasteiger partial charge on any atom is -0.352 e. The zero-order chi connectivity index (χ0) is 21.6. The van der Waals surface area contributed by atoms with E-state index in [1.165, 1.54) is 5.56 Å². The van der Waals surface area contributed by atoms with Crippen molar-refractivity contribution in [3.63, 3.8) is 0 Å². The lowest BCUT2D eigenvalue weighted by molar-refractivity contribution is -0.142. The van der Waals surface area contributed by atoms with Crippen LogP contribution in [0.3, 0.4) is 0 Å². The minimum atomic E-state index is -0.508. The normalized spacial score (nSPS) is 15.6. The summed E-state index contributed by atoms with van der Waals surface area (Å²) in [6, 6.07) is 18.7. The molecule has 0 aromatic heterocycles. The van der Waals surface area contributed by atoms with Crippen molar-refractivity contribution in [2.24, 2.45) is 11.3 Å². The minimum absolute atomic E-state index is 0.0188. The number of piperidine rings is 1. The molecule has 1 fully saturated rings. The largest absolute Gasteiger partial charge is 0.352 e. The van der Waals surface area contributed by atoms with Gasteiger partial charge in [0.15, 0.2) is 0 Å². The summed E-state index contributed by atoms with van der Waals surface area (Å²) in [6.07, 6.45) is 3.72. The number of hydrogen-bond donors (Lipinski definition) is 1. The van der Waals surface area contributed by atoms with Crippen LogP contribution >= 0.6 is 0 Å². The average Bonchev–Trinajstić information content (AvgIpc) is 2.78. The summed E-state index contributed by atoms with van der Waals surface area (Å²) in [7, 11) is 0. The van der Waals surface area contributed by atoms with Crippen molar-refractivity contribution in [3.05, 3.63) is 72.8 Å². The molecule has 0 atom stereocenters. The maximum absolute atomic E-state index is 13.2. The lowest BCUT2D eigenvalue weighted by Crippen LogP contribution is -2.52. The fraction of sp³-hybridized carbons (Fsp3) is 0.385. The van der Waals surface area contributed by atoms with E-state index >= 15 is 0 Å². The molecule has 1 aliphatic heterocycles. The molecule has 0 bridgehead atoms. The summed E-state index contributed by atoms with van der Waals surface area (Å²) in [5.41, 5.74) is 2.96. The molecule has 2 amide bonds. The SMILES string of the molecule is C=CCNC(=O)C1(Cc2cccc(-c3ccccc3)c2)CCN(C(=O)C(C)C)CC1. The van der Waals surface area contributed by atoms with Crippen molar-refractivity contribution < 1.29 is 9.59 Å². The van der Waals surface area contributed by atoms with Crippen LogP contribution in [0.2, 0.25) is 0 Å². The predicted octanol–water partition coefficient (Wildman–Crippen LogP) is 4.46. The highest BCUT2D eigenvalue weighted by molar-refractivity contribution is 5.84. The fourth-order valence-electron chi connectivity index (χ4n) is 4.24. The van der Waals surface area contributed by atoms with E-state index in [0.29, 0.717) is 38.9 Å². The molecule has 1 aliphatic rings. The Morgan fingerprint density at radius 2 is 1.73 bits per heavy atom. The molecule has 0 spiro atoms. The first kappa shape index (κ1) is 21.8. The van der Waals surface area contributed by atoms with Gasteiger partial charge in [-0.3, -0.25) is 9.59 Å².